The number of benzene rings is 2. The van der Waals surface area contributed by atoms with Crippen molar-refractivity contribution in [2.45, 2.75) is 32.4 Å². The number of nitrogens with one attached hydrogen (secondary N) is 3. The minimum Gasteiger partial charge on any atom is -0.322 e. The Morgan fingerprint density at radius 2 is 1.82 bits per heavy atom. The topological polar surface area (TPSA) is 71.0 Å². The van der Waals surface area contributed by atoms with Crippen LogP contribution in [0.5, 0.6) is 0 Å². The van der Waals surface area contributed by atoms with Crippen molar-refractivity contribution in [1.29, 1.82) is 0 Å². The van der Waals surface area contributed by atoms with Gasteiger partial charge in [-0.25, -0.2) is 15.5 Å². The molecule has 2 atom stereocenters. The lowest BCUT2D eigenvalue weighted by molar-refractivity contribution is -0.117. The molecule has 2 unspecified atom stereocenters. The first kappa shape index (κ1) is 18.9. The molecule has 6 nitrogen and oxygen atoms in total. The van der Waals surface area contributed by atoms with Crippen molar-refractivity contribution in [2.24, 2.45) is 0 Å². The highest BCUT2D eigenvalue weighted by molar-refractivity contribution is 9.10. The van der Waals surface area contributed by atoms with Crippen LogP contribution in [0.3, 0.4) is 0 Å². The molecule has 1 saturated heterocycles. The predicted octanol–water partition coefficient (Wildman–Crippen LogP) is 3.80. The zero-order chi connectivity index (χ0) is 19.7. The van der Waals surface area contributed by atoms with Crippen LogP contribution in [0.4, 0.5) is 5.69 Å². The van der Waals surface area contributed by atoms with Gasteiger partial charge in [-0.2, -0.15) is 5.10 Å². The van der Waals surface area contributed by atoms with Crippen molar-refractivity contribution in [3.8, 4) is 5.69 Å². The van der Waals surface area contributed by atoms with Crippen LogP contribution in [-0.2, 0) is 4.79 Å². The summed E-state index contributed by atoms with van der Waals surface area (Å²) in [6, 6.07) is 17.8. The summed E-state index contributed by atoms with van der Waals surface area (Å²) >= 11 is 3.45. The molecular weight excluding hydrogens is 418 g/mol. The van der Waals surface area contributed by atoms with E-state index in [9.17, 15) is 4.79 Å². The van der Waals surface area contributed by atoms with E-state index in [1.54, 1.807) is 0 Å². The summed E-state index contributed by atoms with van der Waals surface area (Å²) in [5.74, 6) is -0.0640. The average molecular weight is 440 g/mol. The maximum atomic E-state index is 12.8. The van der Waals surface area contributed by atoms with Gasteiger partial charge >= 0.3 is 0 Å². The highest BCUT2D eigenvalue weighted by Crippen LogP contribution is 2.26. The molecule has 0 saturated carbocycles. The van der Waals surface area contributed by atoms with Crippen LogP contribution in [0, 0.1) is 13.8 Å². The smallest absolute Gasteiger partial charge is 0.243 e. The van der Waals surface area contributed by atoms with Gasteiger partial charge < -0.3 is 5.32 Å². The molecule has 7 heteroatoms. The number of carbonyl (C=O) groups is 1. The van der Waals surface area contributed by atoms with Gasteiger partial charge in [0, 0.05) is 10.5 Å². The summed E-state index contributed by atoms with van der Waals surface area (Å²) in [5.41, 5.74) is 10.9. The summed E-state index contributed by atoms with van der Waals surface area (Å²) in [5, 5.41) is 7.65. The molecule has 0 radical (unpaired) electrons. The third-order valence-electron chi connectivity index (χ3n) is 5.03. The highest BCUT2D eigenvalue weighted by Gasteiger charge is 2.31. The van der Waals surface area contributed by atoms with Gasteiger partial charge in [-0.15, -0.1) is 0 Å². The molecule has 4 rings (SSSR count). The molecule has 3 aromatic rings. The Morgan fingerprint density at radius 3 is 2.54 bits per heavy atom. The number of carbonyl (C=O) groups excluding carboxylic acids is 1. The van der Waals surface area contributed by atoms with E-state index in [-0.39, 0.29) is 18.0 Å². The van der Waals surface area contributed by atoms with Crippen LogP contribution >= 0.6 is 15.9 Å². The zero-order valence-corrected chi connectivity index (χ0v) is 17.3. The molecule has 0 bridgehead atoms. The van der Waals surface area contributed by atoms with Gasteiger partial charge in [0.2, 0.25) is 5.91 Å². The van der Waals surface area contributed by atoms with E-state index in [2.05, 4.69) is 49.3 Å². The first-order valence-electron chi connectivity index (χ1n) is 9.22. The molecule has 1 amide bonds. The van der Waals surface area contributed by atoms with Crippen LogP contribution < -0.4 is 16.2 Å². The van der Waals surface area contributed by atoms with Crippen LogP contribution in [0.2, 0.25) is 0 Å². The molecular formula is C21H22BrN5O. The molecule has 0 aliphatic carbocycles. The molecule has 2 heterocycles. The maximum Gasteiger partial charge on any atom is 0.243 e. The Bertz CT molecular complexity index is 984. The van der Waals surface area contributed by atoms with E-state index in [0.29, 0.717) is 6.42 Å². The van der Waals surface area contributed by atoms with Gasteiger partial charge in [-0.1, -0.05) is 46.3 Å². The summed E-state index contributed by atoms with van der Waals surface area (Å²) in [6.07, 6.45) is 0.679. The van der Waals surface area contributed by atoms with Gasteiger partial charge in [0.1, 0.15) is 6.04 Å². The van der Waals surface area contributed by atoms with Crippen LogP contribution in [-0.4, -0.2) is 21.7 Å². The largest absolute Gasteiger partial charge is 0.322 e. The molecule has 0 spiro atoms. The first-order valence-corrected chi connectivity index (χ1v) is 10.0. The number of halogens is 1. The summed E-state index contributed by atoms with van der Waals surface area (Å²) < 4.78 is 2.90. The lowest BCUT2D eigenvalue weighted by Gasteiger charge is -2.11. The Hall–Kier alpha value is -2.48. The standard InChI is InChI=1S/C21H22BrN5O/c1-13-20(14(2)27(26-13)17-6-4-3-5-7-17)23-21(28)19-12-18(24-25-19)15-8-10-16(22)11-9-15/h3-11,18-19,24-25H,12H2,1-2H3,(H,23,28). The maximum absolute atomic E-state index is 12.8. The van der Waals surface area contributed by atoms with E-state index in [1.807, 2.05) is 61.0 Å². The third kappa shape index (κ3) is 3.73. The van der Waals surface area contributed by atoms with Crippen LogP contribution in [0.25, 0.3) is 5.69 Å². The number of aryl methyl sites for hydroxylation is 1. The molecule has 2 aromatic carbocycles. The van der Waals surface area contributed by atoms with E-state index >= 15 is 0 Å². The predicted molar refractivity (Wildman–Crippen MR) is 113 cm³/mol. The second-order valence-electron chi connectivity index (χ2n) is 6.96. The fourth-order valence-corrected chi connectivity index (χ4v) is 3.76. The van der Waals surface area contributed by atoms with E-state index < -0.39 is 0 Å². The quantitative estimate of drug-likeness (QED) is 0.577. The third-order valence-corrected chi connectivity index (χ3v) is 5.56. The van der Waals surface area contributed by atoms with E-state index in [4.69, 9.17) is 0 Å². The van der Waals surface area contributed by atoms with Crippen molar-refractivity contribution >= 4 is 27.5 Å². The van der Waals surface area contributed by atoms with Crippen molar-refractivity contribution < 1.29 is 4.79 Å². The number of nitrogens with zero attached hydrogens (tertiary/aromatic N) is 2. The minimum absolute atomic E-state index is 0.0640. The Labute approximate surface area is 172 Å². The van der Waals surface area contributed by atoms with Gasteiger partial charge in [0.05, 0.1) is 22.8 Å². The number of hydrogen-bond donors (Lipinski definition) is 3. The van der Waals surface area contributed by atoms with Gasteiger partial charge in [-0.05, 0) is 50.1 Å². The number of hydrogen-bond acceptors (Lipinski definition) is 4. The monoisotopic (exact) mass is 439 g/mol. The van der Waals surface area contributed by atoms with Gasteiger partial charge in [0.25, 0.3) is 0 Å². The fraction of sp³-hybridized carbons (Fsp3) is 0.238. The number of para-hydroxylation sites is 1. The summed E-state index contributed by atoms with van der Waals surface area (Å²) in [7, 11) is 0. The van der Waals surface area contributed by atoms with Crippen molar-refractivity contribution in [1.82, 2.24) is 20.6 Å². The van der Waals surface area contributed by atoms with Crippen molar-refractivity contribution in [3.63, 3.8) is 0 Å². The number of anilines is 1. The molecule has 1 fully saturated rings. The number of hydrazine groups is 1. The Morgan fingerprint density at radius 1 is 1.11 bits per heavy atom. The Kier molecular flexibility index (Phi) is 5.30. The highest BCUT2D eigenvalue weighted by atomic mass is 79.9. The first-order chi connectivity index (χ1) is 13.5. The molecule has 1 aliphatic rings. The number of rotatable bonds is 4. The molecule has 28 heavy (non-hydrogen) atoms. The molecule has 144 valence electrons. The second kappa shape index (κ2) is 7.87. The van der Waals surface area contributed by atoms with Crippen molar-refractivity contribution in [3.05, 3.63) is 76.0 Å². The van der Waals surface area contributed by atoms with Gasteiger partial charge in [-0.3, -0.25) is 4.79 Å². The molecule has 3 N–H and O–H groups in total. The lowest BCUT2D eigenvalue weighted by Crippen LogP contribution is -2.39. The van der Waals surface area contributed by atoms with Crippen LogP contribution in [0.15, 0.2) is 59.1 Å². The Balaban J connectivity index is 1.47. The summed E-state index contributed by atoms with van der Waals surface area (Å²) in [4.78, 5) is 12.8. The average Bonchev–Trinajstić information content (AvgIpc) is 3.30. The van der Waals surface area contributed by atoms with E-state index in [1.165, 1.54) is 0 Å². The van der Waals surface area contributed by atoms with Crippen LogP contribution in [0.1, 0.15) is 29.4 Å². The van der Waals surface area contributed by atoms with E-state index in [0.717, 1.165) is 32.8 Å². The zero-order valence-electron chi connectivity index (χ0n) is 15.7. The minimum atomic E-state index is -0.312. The second-order valence-corrected chi connectivity index (χ2v) is 7.88. The summed E-state index contributed by atoms with van der Waals surface area (Å²) in [6.45, 7) is 3.88. The number of aromatic nitrogens is 2. The molecule has 1 aromatic heterocycles. The normalized spacial score (nSPS) is 19.0. The lowest BCUT2D eigenvalue weighted by atomic mass is 10.0. The number of amides is 1. The SMILES string of the molecule is Cc1nn(-c2ccccc2)c(C)c1NC(=O)C1CC(c2ccc(Br)cc2)NN1. The fourth-order valence-electron chi connectivity index (χ4n) is 3.50. The van der Waals surface area contributed by atoms with Crippen molar-refractivity contribution in [2.75, 3.05) is 5.32 Å². The molecule has 1 aliphatic heterocycles. The van der Waals surface area contributed by atoms with Gasteiger partial charge in [0.15, 0.2) is 0 Å².